The Morgan fingerprint density at radius 3 is 1.44 bits per heavy atom. The highest BCUT2D eigenvalue weighted by atomic mass is 28.3. The molecule has 1 heterocycles. The van der Waals surface area contributed by atoms with Crippen LogP contribution in [0.25, 0.3) is 78.7 Å². The molecule has 1 aliphatic carbocycles. The fourth-order valence-electron chi connectivity index (χ4n) is 7.99. The first-order chi connectivity index (χ1) is 26.6. The zero-order chi connectivity index (χ0) is 37.7. The SMILES string of the molecule is CC1(C)c2cc(-c3cccc(-c4cccc(-c5nc(-c6ccccc6)nc(-c6ccccc6-c6ccccc6)n5)c4)c3)ccc2-c2ccc([Si](C)(C)C)cc21. The molecule has 1 aliphatic rings. The average molecular weight is 726 g/mol. The lowest BCUT2D eigenvalue weighted by Crippen LogP contribution is -2.38. The number of nitrogens with zero attached hydrogens (tertiary/aromatic N) is 3. The molecule has 0 aliphatic heterocycles. The van der Waals surface area contributed by atoms with Gasteiger partial charge < -0.3 is 0 Å². The van der Waals surface area contributed by atoms with Crippen molar-refractivity contribution in [2.45, 2.75) is 38.9 Å². The maximum absolute atomic E-state index is 5.15. The van der Waals surface area contributed by atoms with Gasteiger partial charge in [0.25, 0.3) is 0 Å². The Bertz CT molecular complexity index is 2710. The summed E-state index contributed by atoms with van der Waals surface area (Å²) in [5.41, 5.74) is 15.3. The van der Waals surface area contributed by atoms with Crippen LogP contribution in [0.2, 0.25) is 19.6 Å². The molecule has 0 atom stereocenters. The van der Waals surface area contributed by atoms with Crippen LogP contribution in [0.1, 0.15) is 25.0 Å². The number of hydrogen-bond acceptors (Lipinski definition) is 3. The number of hydrogen-bond donors (Lipinski definition) is 0. The first-order valence-electron chi connectivity index (χ1n) is 19.1. The molecule has 3 nitrogen and oxygen atoms in total. The van der Waals surface area contributed by atoms with Crippen molar-refractivity contribution >= 4 is 13.3 Å². The summed E-state index contributed by atoms with van der Waals surface area (Å²) in [6.07, 6.45) is 0. The smallest absolute Gasteiger partial charge is 0.164 e. The third kappa shape index (κ3) is 6.43. The molecule has 0 N–H and O–H groups in total. The highest BCUT2D eigenvalue weighted by Crippen LogP contribution is 2.49. The number of rotatable bonds is 7. The van der Waals surface area contributed by atoms with E-state index in [1.54, 1.807) is 0 Å². The molecule has 0 bridgehead atoms. The van der Waals surface area contributed by atoms with Gasteiger partial charge in [-0.2, -0.15) is 0 Å². The van der Waals surface area contributed by atoms with Crippen molar-refractivity contribution < 1.29 is 0 Å². The van der Waals surface area contributed by atoms with Crippen molar-refractivity contribution in [1.82, 2.24) is 15.0 Å². The van der Waals surface area contributed by atoms with E-state index in [9.17, 15) is 0 Å². The van der Waals surface area contributed by atoms with Crippen LogP contribution >= 0.6 is 0 Å². The summed E-state index contributed by atoms with van der Waals surface area (Å²) in [6, 6.07) is 60.7. The third-order valence-corrected chi connectivity index (χ3v) is 13.2. The van der Waals surface area contributed by atoms with Gasteiger partial charge in [-0.15, -0.1) is 0 Å². The Balaban J connectivity index is 1.10. The molecule has 0 amide bonds. The van der Waals surface area contributed by atoms with Crippen LogP contribution in [0.5, 0.6) is 0 Å². The minimum absolute atomic E-state index is 0.0636. The Kier molecular flexibility index (Phi) is 8.51. The van der Waals surface area contributed by atoms with Gasteiger partial charge in [0.15, 0.2) is 17.5 Å². The largest absolute Gasteiger partial charge is 0.208 e. The zero-order valence-corrected chi connectivity index (χ0v) is 33.0. The van der Waals surface area contributed by atoms with E-state index < -0.39 is 8.07 Å². The highest BCUT2D eigenvalue weighted by Gasteiger charge is 2.36. The normalized spacial score (nSPS) is 13.0. The third-order valence-electron chi connectivity index (χ3n) is 11.1. The van der Waals surface area contributed by atoms with Crippen molar-refractivity contribution in [1.29, 1.82) is 0 Å². The standard InChI is InChI=1S/C51H43N3Si/c1-51(2)46-32-39(26-28-43(46)44-29-27-41(33-47(44)51)55(3,4)5)37-21-14-20-36(30-37)38-22-15-23-40(31-38)49-52-48(35-18-10-7-11-19-35)53-50(54-49)45-25-13-12-24-42(45)34-16-8-6-9-17-34/h6-33H,1-5H3. The van der Waals surface area contributed by atoms with E-state index in [1.807, 2.05) is 30.3 Å². The van der Waals surface area contributed by atoms with Gasteiger partial charge in [0.2, 0.25) is 0 Å². The second kappa shape index (κ2) is 13.6. The number of aromatic nitrogens is 3. The summed E-state index contributed by atoms with van der Waals surface area (Å²) in [5.74, 6) is 1.94. The molecule has 0 spiro atoms. The van der Waals surface area contributed by atoms with E-state index in [2.05, 4.69) is 173 Å². The number of fused-ring (bicyclic) bond motifs is 3. The van der Waals surface area contributed by atoms with Crippen molar-refractivity contribution in [2.75, 3.05) is 0 Å². The number of benzene rings is 7. The fraction of sp³-hybridized carbons (Fsp3) is 0.118. The van der Waals surface area contributed by atoms with Crippen LogP contribution in [0, 0.1) is 0 Å². The van der Waals surface area contributed by atoms with E-state index in [1.165, 1.54) is 38.6 Å². The average Bonchev–Trinajstić information content (AvgIpc) is 3.46. The van der Waals surface area contributed by atoms with E-state index >= 15 is 0 Å². The minimum atomic E-state index is -1.43. The minimum Gasteiger partial charge on any atom is -0.208 e. The first-order valence-corrected chi connectivity index (χ1v) is 22.6. The Morgan fingerprint density at radius 1 is 0.345 bits per heavy atom. The van der Waals surface area contributed by atoms with Crippen molar-refractivity contribution in [2.24, 2.45) is 0 Å². The van der Waals surface area contributed by atoms with Crippen LogP contribution in [0.4, 0.5) is 0 Å². The van der Waals surface area contributed by atoms with E-state index in [4.69, 9.17) is 15.0 Å². The van der Waals surface area contributed by atoms with Crippen LogP contribution in [-0.2, 0) is 5.41 Å². The molecule has 1 aromatic heterocycles. The molecule has 0 unspecified atom stereocenters. The Labute approximate surface area is 325 Å². The van der Waals surface area contributed by atoms with Crippen molar-refractivity contribution in [3.05, 3.63) is 181 Å². The van der Waals surface area contributed by atoms with Gasteiger partial charge in [0, 0.05) is 22.1 Å². The Hall–Kier alpha value is -6.23. The maximum atomic E-state index is 5.15. The summed E-state index contributed by atoms with van der Waals surface area (Å²) >= 11 is 0. The monoisotopic (exact) mass is 725 g/mol. The van der Waals surface area contributed by atoms with Gasteiger partial charge in [0.05, 0.1) is 8.07 Å². The van der Waals surface area contributed by atoms with E-state index in [0.717, 1.165) is 38.9 Å². The lowest BCUT2D eigenvalue weighted by atomic mass is 9.81. The molecule has 0 radical (unpaired) electrons. The zero-order valence-electron chi connectivity index (χ0n) is 32.0. The van der Waals surface area contributed by atoms with Crippen molar-refractivity contribution in [3.63, 3.8) is 0 Å². The van der Waals surface area contributed by atoms with Crippen LogP contribution in [-0.4, -0.2) is 23.0 Å². The van der Waals surface area contributed by atoms with E-state index in [-0.39, 0.29) is 5.41 Å². The van der Waals surface area contributed by atoms with Gasteiger partial charge in [-0.1, -0.05) is 190 Å². The summed E-state index contributed by atoms with van der Waals surface area (Å²) in [4.78, 5) is 15.3. The molecule has 55 heavy (non-hydrogen) atoms. The lowest BCUT2D eigenvalue weighted by Gasteiger charge is -2.24. The van der Waals surface area contributed by atoms with Gasteiger partial charge >= 0.3 is 0 Å². The second-order valence-electron chi connectivity index (χ2n) is 16.1. The van der Waals surface area contributed by atoms with Gasteiger partial charge in [-0.05, 0) is 73.8 Å². The topological polar surface area (TPSA) is 38.7 Å². The first kappa shape index (κ1) is 34.5. The predicted octanol–water partition coefficient (Wildman–Crippen LogP) is 12.7. The fourth-order valence-corrected chi connectivity index (χ4v) is 9.15. The van der Waals surface area contributed by atoms with Gasteiger partial charge in [-0.25, -0.2) is 15.0 Å². The molecule has 4 heteroatoms. The predicted molar refractivity (Wildman–Crippen MR) is 233 cm³/mol. The molecule has 266 valence electrons. The summed E-state index contributed by atoms with van der Waals surface area (Å²) in [7, 11) is -1.43. The Morgan fingerprint density at radius 2 is 0.800 bits per heavy atom. The molecule has 0 saturated heterocycles. The van der Waals surface area contributed by atoms with Gasteiger partial charge in [0.1, 0.15) is 0 Å². The van der Waals surface area contributed by atoms with E-state index in [0.29, 0.717) is 17.5 Å². The lowest BCUT2D eigenvalue weighted by molar-refractivity contribution is 0.661. The van der Waals surface area contributed by atoms with Crippen LogP contribution < -0.4 is 5.19 Å². The maximum Gasteiger partial charge on any atom is 0.164 e. The molecular weight excluding hydrogens is 683 g/mol. The molecule has 0 saturated carbocycles. The molecule has 7 aromatic carbocycles. The molecule has 0 fully saturated rings. The molecule has 8 aromatic rings. The molecule has 9 rings (SSSR count). The highest BCUT2D eigenvalue weighted by molar-refractivity contribution is 6.88. The van der Waals surface area contributed by atoms with Crippen LogP contribution in [0.15, 0.2) is 170 Å². The molecular formula is C51H43N3Si. The van der Waals surface area contributed by atoms with Crippen LogP contribution in [0.3, 0.4) is 0 Å². The van der Waals surface area contributed by atoms with Gasteiger partial charge in [-0.3, -0.25) is 0 Å². The van der Waals surface area contributed by atoms with Crippen molar-refractivity contribution in [3.8, 4) is 78.7 Å². The summed E-state index contributed by atoms with van der Waals surface area (Å²) < 4.78 is 0. The summed E-state index contributed by atoms with van der Waals surface area (Å²) in [5, 5.41) is 1.52. The quantitative estimate of drug-likeness (QED) is 0.154. The second-order valence-corrected chi connectivity index (χ2v) is 21.2. The summed E-state index contributed by atoms with van der Waals surface area (Å²) in [6.45, 7) is 12.1.